The molecule has 0 saturated heterocycles. The van der Waals surface area contributed by atoms with E-state index >= 15 is 0 Å². The second-order valence-electron chi connectivity index (χ2n) is 0.448. The first-order chi connectivity index (χ1) is 2.00. The maximum atomic E-state index is 8.74. The van der Waals surface area contributed by atoms with Gasteiger partial charge in [-0.3, -0.25) is 9.11 Å². The fraction of sp³-hybridized carbons (Fsp3) is 0. The molecule has 0 aromatic rings. The molecule has 0 rings (SSSR count). The van der Waals surface area contributed by atoms with E-state index in [1.54, 1.807) is 0 Å². The SMILES string of the molecule is O=S(=O)(O)O.[Ba+2].[H-].[H-].[W]. The third-order valence-corrected chi connectivity index (χ3v) is 0. The number of rotatable bonds is 0. The Bertz CT molecular complexity index is 102. The average molecular weight is 421 g/mol. The van der Waals surface area contributed by atoms with Crippen LogP contribution >= 0.6 is 0 Å². The van der Waals surface area contributed by atoms with Crippen LogP contribution in [0.2, 0.25) is 0 Å². The van der Waals surface area contributed by atoms with E-state index < -0.39 is 10.4 Å². The Morgan fingerprint density at radius 3 is 1.29 bits per heavy atom. The predicted molar refractivity (Wildman–Crippen MR) is 22.2 cm³/mol. The van der Waals surface area contributed by atoms with Crippen LogP contribution in [-0.2, 0) is 31.5 Å². The summed E-state index contributed by atoms with van der Waals surface area (Å²) in [6.07, 6.45) is 0. The maximum Gasteiger partial charge on any atom is 2.00 e. The van der Waals surface area contributed by atoms with Crippen molar-refractivity contribution in [1.29, 1.82) is 0 Å². The summed E-state index contributed by atoms with van der Waals surface area (Å²) in [6, 6.07) is 0. The van der Waals surface area contributed by atoms with Crippen molar-refractivity contribution in [2.45, 2.75) is 0 Å². The zero-order chi connectivity index (χ0) is 4.50. The van der Waals surface area contributed by atoms with Crippen LogP contribution in [-0.4, -0.2) is 66.4 Å². The number of hydrogen-bond acceptors (Lipinski definition) is 2. The molecule has 7 heavy (non-hydrogen) atoms. The minimum Gasteiger partial charge on any atom is -1.00 e. The molecule has 0 unspecified atom stereocenters. The van der Waals surface area contributed by atoms with Crippen LogP contribution < -0.4 is 0 Å². The molecular formula is H4BaO4SW. The summed E-state index contributed by atoms with van der Waals surface area (Å²) in [5.74, 6) is 0. The van der Waals surface area contributed by atoms with Crippen LogP contribution in [0, 0.1) is 0 Å². The fourth-order valence-corrected chi connectivity index (χ4v) is 0. The van der Waals surface area contributed by atoms with Gasteiger partial charge in [-0.25, -0.2) is 0 Å². The molecule has 0 aromatic heterocycles. The van der Waals surface area contributed by atoms with Crippen LogP contribution in [0.5, 0.6) is 0 Å². The van der Waals surface area contributed by atoms with Gasteiger partial charge in [0, 0.05) is 21.1 Å². The minimum absolute atomic E-state index is 0. The first kappa shape index (κ1) is 16.1. The largest absolute Gasteiger partial charge is 2.00 e. The van der Waals surface area contributed by atoms with Crippen molar-refractivity contribution in [2.24, 2.45) is 0 Å². The molecule has 42 valence electrons. The van der Waals surface area contributed by atoms with Gasteiger partial charge in [0.2, 0.25) is 0 Å². The van der Waals surface area contributed by atoms with Crippen LogP contribution in [0.4, 0.5) is 0 Å². The topological polar surface area (TPSA) is 74.6 Å². The summed E-state index contributed by atoms with van der Waals surface area (Å²) in [6.45, 7) is 0. The molecule has 0 fully saturated rings. The van der Waals surface area contributed by atoms with Gasteiger partial charge in [0.15, 0.2) is 0 Å². The molecule has 0 aliphatic heterocycles. The van der Waals surface area contributed by atoms with Gasteiger partial charge in [0.1, 0.15) is 0 Å². The standard InChI is InChI=1S/Ba.H2O4S.W.2H/c;1-5(2,3)4;;;/h;(H2,1,2,3,4);;;/q+2;;;2*-1. The molecule has 4 nitrogen and oxygen atoms in total. The molecular weight excluding hydrogens is 417 g/mol. The quantitative estimate of drug-likeness (QED) is 0.397. The Kier molecular flexibility index (Phi) is 14.3. The Balaban J connectivity index is -0.0000000133. The summed E-state index contributed by atoms with van der Waals surface area (Å²) in [4.78, 5) is 0. The molecule has 0 atom stereocenters. The zero-order valence-electron chi connectivity index (χ0n) is 5.23. The Morgan fingerprint density at radius 1 is 1.29 bits per heavy atom. The molecule has 0 saturated carbocycles. The first-order valence-corrected chi connectivity index (χ1v) is 2.10. The molecule has 0 aliphatic rings. The van der Waals surface area contributed by atoms with Crippen molar-refractivity contribution in [3.05, 3.63) is 0 Å². The normalized spacial score (nSPS) is 8.29. The third-order valence-electron chi connectivity index (χ3n) is 0. The Labute approximate surface area is 98.9 Å². The monoisotopic (exact) mass is 422 g/mol. The zero-order valence-corrected chi connectivity index (χ0v) is 11.4. The molecule has 0 aromatic carbocycles. The summed E-state index contributed by atoms with van der Waals surface area (Å²) >= 11 is 0. The van der Waals surface area contributed by atoms with Gasteiger partial charge >= 0.3 is 59.3 Å². The minimum atomic E-state index is -4.67. The van der Waals surface area contributed by atoms with Crippen molar-refractivity contribution < 1.29 is 41.4 Å². The van der Waals surface area contributed by atoms with Crippen molar-refractivity contribution in [3.63, 3.8) is 0 Å². The molecule has 0 spiro atoms. The van der Waals surface area contributed by atoms with Gasteiger partial charge in [-0.1, -0.05) is 0 Å². The van der Waals surface area contributed by atoms with E-state index in [1.807, 2.05) is 0 Å². The predicted octanol–water partition coefficient (Wildman–Crippen LogP) is -0.811. The fourth-order valence-electron chi connectivity index (χ4n) is 0. The van der Waals surface area contributed by atoms with Gasteiger partial charge in [-0.2, -0.15) is 8.42 Å². The van der Waals surface area contributed by atoms with E-state index in [-0.39, 0.29) is 72.8 Å². The van der Waals surface area contributed by atoms with Crippen molar-refractivity contribution in [1.82, 2.24) is 0 Å². The molecule has 0 aliphatic carbocycles. The Hall–Kier alpha value is 2.13. The van der Waals surface area contributed by atoms with Gasteiger partial charge in [0.25, 0.3) is 0 Å². The van der Waals surface area contributed by atoms with Gasteiger partial charge in [0.05, 0.1) is 0 Å². The first-order valence-electron chi connectivity index (χ1n) is 0.698. The average Bonchev–Trinajstić information content (AvgIpc) is 0.722. The van der Waals surface area contributed by atoms with E-state index in [0.29, 0.717) is 0 Å². The van der Waals surface area contributed by atoms with E-state index in [1.165, 1.54) is 0 Å². The number of hydrogen-bond donors (Lipinski definition) is 2. The Morgan fingerprint density at radius 2 is 1.29 bits per heavy atom. The third kappa shape index (κ3) is 67.3. The summed E-state index contributed by atoms with van der Waals surface area (Å²) in [5.41, 5.74) is 0. The van der Waals surface area contributed by atoms with Crippen LogP contribution in [0.1, 0.15) is 2.85 Å². The second kappa shape index (κ2) is 6.25. The second-order valence-corrected chi connectivity index (χ2v) is 1.34. The van der Waals surface area contributed by atoms with E-state index in [9.17, 15) is 0 Å². The van der Waals surface area contributed by atoms with Gasteiger partial charge in [-0.15, -0.1) is 0 Å². The van der Waals surface area contributed by atoms with Crippen molar-refractivity contribution in [3.8, 4) is 0 Å². The van der Waals surface area contributed by atoms with E-state index in [2.05, 4.69) is 0 Å². The van der Waals surface area contributed by atoms with E-state index in [0.717, 1.165) is 0 Å². The van der Waals surface area contributed by atoms with Crippen LogP contribution in [0.15, 0.2) is 0 Å². The molecule has 2 N–H and O–H groups in total. The maximum absolute atomic E-state index is 8.74. The summed E-state index contributed by atoms with van der Waals surface area (Å²) < 4.78 is 31.6. The van der Waals surface area contributed by atoms with Gasteiger partial charge < -0.3 is 2.85 Å². The van der Waals surface area contributed by atoms with E-state index in [4.69, 9.17) is 17.5 Å². The van der Waals surface area contributed by atoms with Gasteiger partial charge in [-0.05, 0) is 0 Å². The smallest absolute Gasteiger partial charge is 1.00 e. The molecule has 0 heterocycles. The molecule has 0 amide bonds. The van der Waals surface area contributed by atoms with Crippen LogP contribution in [0.25, 0.3) is 0 Å². The summed E-state index contributed by atoms with van der Waals surface area (Å²) in [5, 5.41) is 0. The molecule has 0 bridgehead atoms. The molecule has 7 heteroatoms. The van der Waals surface area contributed by atoms with Crippen LogP contribution in [0.3, 0.4) is 0 Å². The van der Waals surface area contributed by atoms with Crippen molar-refractivity contribution in [2.75, 3.05) is 0 Å². The van der Waals surface area contributed by atoms with Crippen molar-refractivity contribution >= 4 is 59.3 Å². The summed E-state index contributed by atoms with van der Waals surface area (Å²) in [7, 11) is -4.67. The molecule has 0 radical (unpaired) electrons.